The van der Waals surface area contributed by atoms with Gasteiger partial charge < -0.3 is 14.9 Å². The number of hydrogen-bond acceptors (Lipinski definition) is 3. The van der Waals surface area contributed by atoms with Crippen molar-refractivity contribution in [2.45, 2.75) is 31.7 Å². The zero-order valence-electron chi connectivity index (χ0n) is 12.0. The average Bonchev–Trinajstić information content (AvgIpc) is 2.48. The number of hydrogen-bond donors (Lipinski definition) is 1. The van der Waals surface area contributed by atoms with E-state index in [1.54, 1.807) is 0 Å². The normalized spacial score (nSPS) is 17.6. The summed E-state index contributed by atoms with van der Waals surface area (Å²) >= 11 is 0. The van der Waals surface area contributed by atoms with E-state index in [-0.39, 0.29) is 0 Å². The highest BCUT2D eigenvalue weighted by atomic mass is 16.2. The van der Waals surface area contributed by atoms with Gasteiger partial charge in [-0.25, -0.2) is 0 Å². The summed E-state index contributed by atoms with van der Waals surface area (Å²) in [5, 5.41) is 8.81. The molecule has 1 aliphatic heterocycles. The highest BCUT2D eigenvalue weighted by Crippen LogP contribution is 2.21. The van der Waals surface area contributed by atoms with Gasteiger partial charge in [-0.1, -0.05) is 18.2 Å². The van der Waals surface area contributed by atoms with E-state index in [0.717, 1.165) is 19.4 Å². The van der Waals surface area contributed by atoms with Crippen molar-refractivity contribution in [3.8, 4) is 0 Å². The molecular weight excluding hydrogens is 236 g/mol. The fourth-order valence-electron chi connectivity index (χ4n) is 2.85. The highest BCUT2D eigenvalue weighted by Gasteiger charge is 2.22. The second-order valence-electron chi connectivity index (χ2n) is 5.45. The van der Waals surface area contributed by atoms with Gasteiger partial charge in [0.25, 0.3) is 0 Å². The molecule has 3 nitrogen and oxygen atoms in total. The van der Waals surface area contributed by atoms with Gasteiger partial charge in [0.15, 0.2) is 0 Å². The Kier molecular flexibility index (Phi) is 5.67. The average molecular weight is 262 g/mol. The third kappa shape index (κ3) is 4.22. The Morgan fingerprint density at radius 2 is 1.84 bits per heavy atom. The number of unbranched alkanes of at least 4 members (excludes halogenated alkanes) is 1. The number of likely N-dealkylation sites (tertiary alicyclic amines) is 1. The maximum absolute atomic E-state index is 8.81. The predicted molar refractivity (Wildman–Crippen MR) is 80.6 cm³/mol. The third-order valence-corrected chi connectivity index (χ3v) is 4.15. The Bertz CT molecular complexity index is 347. The van der Waals surface area contributed by atoms with Crippen LogP contribution < -0.4 is 4.90 Å². The van der Waals surface area contributed by atoms with Crippen LogP contribution in [-0.4, -0.2) is 49.3 Å². The summed E-state index contributed by atoms with van der Waals surface area (Å²) in [4.78, 5) is 4.95. The quantitative estimate of drug-likeness (QED) is 0.797. The smallest absolute Gasteiger partial charge is 0.0431 e. The molecule has 0 radical (unpaired) electrons. The first-order valence-electron chi connectivity index (χ1n) is 7.42. The van der Waals surface area contributed by atoms with Crippen LogP contribution in [0.5, 0.6) is 0 Å². The fraction of sp³-hybridized carbons (Fsp3) is 0.625. The number of piperidine rings is 1. The number of anilines is 1. The summed E-state index contributed by atoms with van der Waals surface area (Å²) in [6, 6.07) is 11.3. The van der Waals surface area contributed by atoms with E-state index in [9.17, 15) is 0 Å². The lowest BCUT2D eigenvalue weighted by Gasteiger charge is -2.37. The molecule has 1 saturated heterocycles. The molecule has 1 aromatic carbocycles. The first-order chi connectivity index (χ1) is 9.31. The van der Waals surface area contributed by atoms with Crippen LogP contribution in [0, 0.1) is 0 Å². The van der Waals surface area contributed by atoms with E-state index in [4.69, 9.17) is 5.11 Å². The molecule has 19 heavy (non-hydrogen) atoms. The Balaban J connectivity index is 1.77. The molecule has 0 aliphatic carbocycles. The van der Waals surface area contributed by atoms with Gasteiger partial charge in [-0.2, -0.15) is 0 Å². The van der Waals surface area contributed by atoms with E-state index < -0.39 is 0 Å². The summed E-state index contributed by atoms with van der Waals surface area (Å²) < 4.78 is 0. The zero-order valence-corrected chi connectivity index (χ0v) is 12.0. The number of rotatable bonds is 6. The summed E-state index contributed by atoms with van der Waals surface area (Å²) in [7, 11) is 2.21. The topological polar surface area (TPSA) is 26.7 Å². The first kappa shape index (κ1) is 14.4. The van der Waals surface area contributed by atoms with E-state index in [1.165, 1.54) is 31.6 Å². The molecular formula is C16H26N2O. The minimum atomic E-state index is 0.327. The van der Waals surface area contributed by atoms with Gasteiger partial charge in [0, 0.05) is 38.5 Å². The van der Waals surface area contributed by atoms with Crippen LogP contribution in [0.2, 0.25) is 0 Å². The lowest BCUT2D eigenvalue weighted by Crippen LogP contribution is -2.43. The molecule has 0 bridgehead atoms. The Hall–Kier alpha value is -1.06. The largest absolute Gasteiger partial charge is 0.396 e. The van der Waals surface area contributed by atoms with Crippen molar-refractivity contribution >= 4 is 5.69 Å². The molecule has 106 valence electrons. The summed E-state index contributed by atoms with van der Waals surface area (Å²) in [6.45, 7) is 3.84. The Labute approximate surface area is 116 Å². The van der Waals surface area contributed by atoms with Gasteiger partial charge in [-0.15, -0.1) is 0 Å². The van der Waals surface area contributed by atoms with Crippen LogP contribution >= 0.6 is 0 Å². The van der Waals surface area contributed by atoms with Crippen molar-refractivity contribution in [3.05, 3.63) is 30.3 Å². The van der Waals surface area contributed by atoms with Crippen LogP contribution in [0.4, 0.5) is 5.69 Å². The van der Waals surface area contributed by atoms with Crippen molar-refractivity contribution in [1.29, 1.82) is 0 Å². The third-order valence-electron chi connectivity index (χ3n) is 4.15. The zero-order chi connectivity index (χ0) is 13.5. The number of para-hydroxylation sites is 1. The van der Waals surface area contributed by atoms with Gasteiger partial charge in [-0.05, 0) is 44.4 Å². The van der Waals surface area contributed by atoms with Crippen LogP contribution in [0.3, 0.4) is 0 Å². The highest BCUT2D eigenvalue weighted by molar-refractivity contribution is 5.46. The minimum absolute atomic E-state index is 0.327. The van der Waals surface area contributed by atoms with E-state index in [0.29, 0.717) is 12.6 Å². The van der Waals surface area contributed by atoms with Crippen LogP contribution in [-0.2, 0) is 0 Å². The molecule has 2 rings (SSSR count). The van der Waals surface area contributed by atoms with E-state index >= 15 is 0 Å². The lowest BCUT2D eigenvalue weighted by molar-refractivity contribution is 0.198. The Morgan fingerprint density at radius 1 is 1.16 bits per heavy atom. The molecule has 0 aromatic heterocycles. The lowest BCUT2D eigenvalue weighted by atomic mass is 10.0. The van der Waals surface area contributed by atoms with Gasteiger partial charge >= 0.3 is 0 Å². The molecule has 1 aliphatic rings. The number of nitrogens with zero attached hydrogens (tertiary/aromatic N) is 2. The molecule has 0 unspecified atom stereocenters. The minimum Gasteiger partial charge on any atom is -0.396 e. The molecule has 0 atom stereocenters. The second kappa shape index (κ2) is 7.51. The maximum atomic E-state index is 8.81. The van der Waals surface area contributed by atoms with Gasteiger partial charge in [0.2, 0.25) is 0 Å². The number of benzene rings is 1. The SMILES string of the molecule is CN(c1ccccc1)C1CCN(CCCCO)CC1. The molecule has 0 saturated carbocycles. The summed E-state index contributed by atoms with van der Waals surface area (Å²) in [6.07, 6.45) is 4.54. The van der Waals surface area contributed by atoms with Crippen molar-refractivity contribution in [1.82, 2.24) is 4.90 Å². The Morgan fingerprint density at radius 3 is 2.47 bits per heavy atom. The second-order valence-corrected chi connectivity index (χ2v) is 5.45. The maximum Gasteiger partial charge on any atom is 0.0431 e. The molecule has 0 amide bonds. The fourth-order valence-corrected chi connectivity index (χ4v) is 2.85. The standard InChI is InChI=1S/C16H26N2O/c1-17(15-7-3-2-4-8-15)16-9-12-18(13-10-16)11-5-6-14-19/h2-4,7-8,16,19H,5-6,9-14H2,1H3. The van der Waals surface area contributed by atoms with E-state index in [2.05, 4.69) is 47.2 Å². The first-order valence-corrected chi connectivity index (χ1v) is 7.42. The molecule has 1 N–H and O–H groups in total. The van der Waals surface area contributed by atoms with Crippen molar-refractivity contribution < 1.29 is 5.11 Å². The monoisotopic (exact) mass is 262 g/mol. The predicted octanol–water partition coefficient (Wildman–Crippen LogP) is 2.36. The molecule has 3 heteroatoms. The van der Waals surface area contributed by atoms with E-state index in [1.807, 2.05) is 0 Å². The molecule has 1 fully saturated rings. The van der Waals surface area contributed by atoms with Crippen molar-refractivity contribution in [2.24, 2.45) is 0 Å². The van der Waals surface area contributed by atoms with Gasteiger partial charge in [-0.3, -0.25) is 0 Å². The van der Waals surface area contributed by atoms with Crippen LogP contribution in [0.1, 0.15) is 25.7 Å². The number of aliphatic hydroxyl groups excluding tert-OH is 1. The molecule has 1 heterocycles. The van der Waals surface area contributed by atoms with Crippen molar-refractivity contribution in [2.75, 3.05) is 38.2 Å². The van der Waals surface area contributed by atoms with Crippen molar-refractivity contribution in [3.63, 3.8) is 0 Å². The van der Waals surface area contributed by atoms with Crippen LogP contribution in [0.25, 0.3) is 0 Å². The van der Waals surface area contributed by atoms with Crippen LogP contribution in [0.15, 0.2) is 30.3 Å². The summed E-state index contributed by atoms with van der Waals surface area (Å²) in [5.41, 5.74) is 1.32. The summed E-state index contributed by atoms with van der Waals surface area (Å²) in [5.74, 6) is 0. The van der Waals surface area contributed by atoms with Gasteiger partial charge in [0.1, 0.15) is 0 Å². The van der Waals surface area contributed by atoms with Gasteiger partial charge in [0.05, 0.1) is 0 Å². The molecule has 1 aromatic rings. The number of aliphatic hydroxyl groups is 1. The molecule has 0 spiro atoms.